The van der Waals surface area contributed by atoms with Crippen LogP contribution >= 0.6 is 11.3 Å². The van der Waals surface area contributed by atoms with Gasteiger partial charge in [-0.1, -0.05) is 0 Å². The topological polar surface area (TPSA) is 52.6 Å². The normalized spacial score (nSPS) is 9.80. The number of ether oxygens (including phenoxy) is 2. The Hall–Kier alpha value is -1.43. The van der Waals surface area contributed by atoms with E-state index in [9.17, 15) is 14.0 Å². The van der Waals surface area contributed by atoms with E-state index in [2.05, 4.69) is 9.47 Å². The van der Waals surface area contributed by atoms with Crippen molar-refractivity contribution in [2.75, 3.05) is 13.7 Å². The summed E-state index contributed by atoms with van der Waals surface area (Å²) < 4.78 is 22.2. The van der Waals surface area contributed by atoms with Gasteiger partial charge in [-0.3, -0.25) is 0 Å². The van der Waals surface area contributed by atoms with E-state index in [0.29, 0.717) is 11.3 Å². The van der Waals surface area contributed by atoms with Gasteiger partial charge in [0.15, 0.2) is 0 Å². The maximum absolute atomic E-state index is 13.1. The van der Waals surface area contributed by atoms with E-state index in [4.69, 9.17) is 0 Å². The van der Waals surface area contributed by atoms with Crippen molar-refractivity contribution >= 4 is 23.3 Å². The number of hydrogen-bond donors (Lipinski definition) is 0. The minimum atomic E-state index is -0.798. The van der Waals surface area contributed by atoms with Gasteiger partial charge in [0.25, 0.3) is 0 Å². The Kier molecular flexibility index (Phi) is 3.79. The number of esters is 2. The lowest BCUT2D eigenvalue weighted by atomic mass is 10.4. The van der Waals surface area contributed by atoms with Gasteiger partial charge in [0.05, 0.1) is 13.7 Å². The first kappa shape index (κ1) is 11.6. The van der Waals surface area contributed by atoms with Gasteiger partial charge in [-0.2, -0.15) is 0 Å². The van der Waals surface area contributed by atoms with Crippen LogP contribution in [-0.4, -0.2) is 25.7 Å². The maximum atomic E-state index is 13.1. The highest BCUT2D eigenvalue weighted by Crippen LogP contribution is 2.22. The molecular formula is C9H9FO4S. The van der Waals surface area contributed by atoms with Crippen molar-refractivity contribution in [2.45, 2.75) is 6.92 Å². The molecule has 0 atom stereocenters. The molecule has 0 N–H and O–H groups in total. The van der Waals surface area contributed by atoms with Gasteiger partial charge in [-0.15, -0.1) is 11.3 Å². The van der Waals surface area contributed by atoms with Gasteiger partial charge in [-0.05, 0) is 6.92 Å². The van der Waals surface area contributed by atoms with E-state index in [-0.39, 0.29) is 16.4 Å². The molecule has 0 radical (unpaired) electrons. The van der Waals surface area contributed by atoms with Crippen molar-refractivity contribution in [1.82, 2.24) is 0 Å². The Bertz CT molecular complexity index is 385. The van der Waals surface area contributed by atoms with Crippen LogP contribution in [0.5, 0.6) is 0 Å². The van der Waals surface area contributed by atoms with Crippen molar-refractivity contribution in [2.24, 2.45) is 0 Å². The molecule has 0 spiro atoms. The van der Waals surface area contributed by atoms with Crippen LogP contribution in [0, 0.1) is 5.82 Å². The molecule has 0 aliphatic heterocycles. The average Bonchev–Trinajstić information content (AvgIpc) is 2.60. The van der Waals surface area contributed by atoms with Gasteiger partial charge in [0.1, 0.15) is 15.6 Å². The number of carbonyl (C=O) groups is 2. The van der Waals surface area contributed by atoms with Gasteiger partial charge >= 0.3 is 11.9 Å². The van der Waals surface area contributed by atoms with E-state index >= 15 is 0 Å². The molecule has 1 heterocycles. The third-order valence-corrected chi connectivity index (χ3v) is 2.60. The highest BCUT2D eigenvalue weighted by Gasteiger charge is 2.20. The van der Waals surface area contributed by atoms with Crippen molar-refractivity contribution in [3.8, 4) is 0 Å². The zero-order valence-corrected chi connectivity index (χ0v) is 9.02. The van der Waals surface area contributed by atoms with Crippen LogP contribution in [-0.2, 0) is 9.47 Å². The average molecular weight is 232 g/mol. The summed E-state index contributed by atoms with van der Waals surface area (Å²) in [6.07, 6.45) is 0. The summed E-state index contributed by atoms with van der Waals surface area (Å²) in [6.45, 7) is 1.84. The second-order valence-corrected chi connectivity index (χ2v) is 3.55. The Labute approximate surface area is 89.6 Å². The fourth-order valence-corrected chi connectivity index (χ4v) is 1.75. The molecule has 15 heavy (non-hydrogen) atoms. The van der Waals surface area contributed by atoms with Crippen LogP contribution in [0.25, 0.3) is 0 Å². The fourth-order valence-electron chi connectivity index (χ4n) is 0.903. The number of hydrogen-bond acceptors (Lipinski definition) is 5. The second-order valence-electron chi connectivity index (χ2n) is 2.50. The summed E-state index contributed by atoms with van der Waals surface area (Å²) in [5, 5.41) is 0. The maximum Gasteiger partial charge on any atom is 0.351 e. The molecule has 0 aliphatic carbocycles. The summed E-state index contributed by atoms with van der Waals surface area (Å²) in [5.74, 6) is -2.21. The highest BCUT2D eigenvalue weighted by molar-refractivity contribution is 7.15. The fraction of sp³-hybridized carbons (Fsp3) is 0.333. The molecular weight excluding hydrogens is 223 g/mol. The van der Waals surface area contributed by atoms with E-state index < -0.39 is 17.8 Å². The molecule has 0 aromatic carbocycles. The monoisotopic (exact) mass is 232 g/mol. The van der Waals surface area contributed by atoms with Crippen LogP contribution in [0.4, 0.5) is 4.39 Å². The van der Waals surface area contributed by atoms with E-state index in [0.717, 1.165) is 13.2 Å². The number of methoxy groups -OCH3 is 1. The number of halogens is 1. The summed E-state index contributed by atoms with van der Waals surface area (Å²) >= 11 is 0.716. The zero-order valence-electron chi connectivity index (χ0n) is 8.20. The Morgan fingerprint density at radius 3 is 2.67 bits per heavy atom. The van der Waals surface area contributed by atoms with Crippen molar-refractivity contribution in [1.29, 1.82) is 0 Å². The smallest absolute Gasteiger partial charge is 0.351 e. The molecule has 0 aliphatic rings. The first-order valence-electron chi connectivity index (χ1n) is 4.15. The van der Waals surface area contributed by atoms with E-state index in [1.54, 1.807) is 6.92 Å². The predicted molar refractivity (Wildman–Crippen MR) is 51.6 cm³/mol. The van der Waals surface area contributed by atoms with Gasteiger partial charge in [-0.25, -0.2) is 14.0 Å². The number of rotatable bonds is 3. The molecule has 0 fully saturated rings. The zero-order chi connectivity index (χ0) is 11.4. The molecule has 82 valence electrons. The molecule has 6 heteroatoms. The van der Waals surface area contributed by atoms with Crippen molar-refractivity contribution < 1.29 is 23.5 Å². The minimum Gasteiger partial charge on any atom is -0.465 e. The molecule has 1 aromatic heterocycles. The molecule has 0 unspecified atom stereocenters. The Morgan fingerprint density at radius 2 is 2.13 bits per heavy atom. The SMILES string of the molecule is CCOC(=O)c1cc(F)c(C(=O)OC)s1. The number of carbonyl (C=O) groups excluding carboxylic acids is 2. The lowest BCUT2D eigenvalue weighted by molar-refractivity contribution is 0.0530. The van der Waals surface area contributed by atoms with Crippen LogP contribution in [0.15, 0.2) is 6.07 Å². The molecule has 1 rings (SSSR count). The lowest BCUT2D eigenvalue weighted by Gasteiger charge is -1.96. The van der Waals surface area contributed by atoms with Crippen LogP contribution in [0.2, 0.25) is 0 Å². The van der Waals surface area contributed by atoms with E-state index in [1.807, 2.05) is 0 Å². The third-order valence-electron chi connectivity index (χ3n) is 1.53. The molecule has 0 saturated carbocycles. The van der Waals surface area contributed by atoms with E-state index in [1.165, 1.54) is 0 Å². The van der Waals surface area contributed by atoms with Crippen molar-refractivity contribution in [3.05, 3.63) is 21.6 Å². The lowest BCUT2D eigenvalue weighted by Crippen LogP contribution is -2.01. The first-order chi connectivity index (χ1) is 7.10. The van der Waals surface area contributed by atoms with Crippen LogP contribution < -0.4 is 0 Å². The molecule has 4 nitrogen and oxygen atoms in total. The minimum absolute atomic E-state index is 0.0507. The number of thiophene rings is 1. The predicted octanol–water partition coefficient (Wildman–Crippen LogP) is 1.85. The second kappa shape index (κ2) is 4.88. The van der Waals surface area contributed by atoms with Crippen LogP contribution in [0.3, 0.4) is 0 Å². The molecule has 0 bridgehead atoms. The summed E-state index contributed by atoms with van der Waals surface area (Å²) in [5.41, 5.74) is 0. The molecule has 0 amide bonds. The third kappa shape index (κ3) is 2.53. The Morgan fingerprint density at radius 1 is 1.47 bits per heavy atom. The van der Waals surface area contributed by atoms with Gasteiger partial charge in [0.2, 0.25) is 0 Å². The molecule has 1 aromatic rings. The highest BCUT2D eigenvalue weighted by atomic mass is 32.1. The van der Waals surface area contributed by atoms with Crippen molar-refractivity contribution in [3.63, 3.8) is 0 Å². The van der Waals surface area contributed by atoms with Crippen LogP contribution in [0.1, 0.15) is 26.3 Å². The summed E-state index contributed by atoms with van der Waals surface area (Å²) in [6, 6.07) is 0.967. The van der Waals surface area contributed by atoms with Gasteiger partial charge in [0, 0.05) is 6.07 Å². The Balaban J connectivity index is 2.95. The summed E-state index contributed by atoms with van der Waals surface area (Å²) in [4.78, 5) is 22.0. The standard InChI is InChI=1S/C9H9FO4S/c1-3-14-8(11)6-4-5(10)7(15-6)9(12)13-2/h4H,3H2,1-2H3. The quantitative estimate of drug-likeness (QED) is 0.746. The summed E-state index contributed by atoms with van der Waals surface area (Å²) in [7, 11) is 1.14. The largest absolute Gasteiger partial charge is 0.465 e. The molecule has 0 saturated heterocycles. The first-order valence-corrected chi connectivity index (χ1v) is 4.96. The van der Waals surface area contributed by atoms with Gasteiger partial charge < -0.3 is 9.47 Å².